The van der Waals surface area contributed by atoms with Gasteiger partial charge < -0.3 is 9.30 Å². The second-order valence-corrected chi connectivity index (χ2v) is 4.55. The van der Waals surface area contributed by atoms with E-state index >= 15 is 0 Å². The molecule has 1 aromatic heterocycles. The average Bonchev–Trinajstić information content (AvgIpc) is 2.73. The predicted octanol–water partition coefficient (Wildman–Crippen LogP) is 1.71. The van der Waals surface area contributed by atoms with Crippen LogP contribution in [0.1, 0.15) is 32.5 Å². The van der Waals surface area contributed by atoms with E-state index in [0.29, 0.717) is 5.82 Å². The van der Waals surface area contributed by atoms with Gasteiger partial charge in [0.1, 0.15) is 6.07 Å². The molecule has 1 aliphatic heterocycles. The third-order valence-corrected chi connectivity index (χ3v) is 2.77. The molecule has 80 valence electrons. The molecule has 2 rings (SSSR count). The van der Waals surface area contributed by atoms with Gasteiger partial charge in [0.15, 0.2) is 0 Å². The van der Waals surface area contributed by atoms with Crippen molar-refractivity contribution in [3.63, 3.8) is 0 Å². The van der Waals surface area contributed by atoms with Gasteiger partial charge >= 0.3 is 0 Å². The van der Waals surface area contributed by atoms with Gasteiger partial charge in [-0.1, -0.05) is 0 Å². The average molecular weight is 205 g/mol. The minimum atomic E-state index is -0.0158. The van der Waals surface area contributed by atoms with Crippen molar-refractivity contribution in [3.8, 4) is 6.07 Å². The van der Waals surface area contributed by atoms with Crippen LogP contribution in [0.4, 0.5) is 0 Å². The van der Waals surface area contributed by atoms with Crippen LogP contribution in [-0.4, -0.2) is 21.3 Å². The Morgan fingerprint density at radius 1 is 1.73 bits per heavy atom. The summed E-state index contributed by atoms with van der Waals surface area (Å²) in [5, 5.41) is 8.81. The lowest BCUT2D eigenvalue weighted by atomic mass is 10.1. The normalized spacial score (nSPS) is 23.9. The van der Waals surface area contributed by atoms with Crippen LogP contribution < -0.4 is 0 Å². The van der Waals surface area contributed by atoms with Gasteiger partial charge in [0.2, 0.25) is 5.82 Å². The van der Waals surface area contributed by atoms with Gasteiger partial charge in [0.05, 0.1) is 18.2 Å². The molecular formula is C11H15N3O. The molecule has 1 unspecified atom stereocenters. The molecule has 0 aliphatic carbocycles. The van der Waals surface area contributed by atoms with Crippen molar-refractivity contribution < 1.29 is 4.74 Å². The Morgan fingerprint density at radius 2 is 2.53 bits per heavy atom. The van der Waals surface area contributed by atoms with E-state index in [0.717, 1.165) is 19.4 Å². The van der Waals surface area contributed by atoms with Crippen LogP contribution in [0.5, 0.6) is 0 Å². The molecule has 1 aliphatic rings. The highest BCUT2D eigenvalue weighted by Crippen LogP contribution is 2.30. The summed E-state index contributed by atoms with van der Waals surface area (Å²) in [6.45, 7) is 4.94. The quantitative estimate of drug-likeness (QED) is 0.738. The monoisotopic (exact) mass is 205 g/mol. The Labute approximate surface area is 89.5 Å². The molecular weight excluding hydrogens is 190 g/mol. The highest BCUT2D eigenvalue weighted by atomic mass is 16.5. The summed E-state index contributed by atoms with van der Waals surface area (Å²) in [4.78, 5) is 3.96. The van der Waals surface area contributed by atoms with E-state index in [-0.39, 0.29) is 11.7 Å². The van der Waals surface area contributed by atoms with Gasteiger partial charge in [-0.25, -0.2) is 4.98 Å². The number of rotatable bonds is 2. The van der Waals surface area contributed by atoms with Crippen molar-refractivity contribution in [2.24, 2.45) is 0 Å². The summed E-state index contributed by atoms with van der Waals surface area (Å²) >= 11 is 0. The lowest BCUT2D eigenvalue weighted by molar-refractivity contribution is -0.0217. The summed E-state index contributed by atoms with van der Waals surface area (Å²) < 4.78 is 7.72. The molecule has 0 N–H and O–H groups in total. The standard InChI is InChI=1S/C11H15N3O/c1-11(2)4-3-9(15-11)8-14-6-5-13-10(14)7-12/h5-6,9H,3-4,8H2,1-2H3. The maximum Gasteiger partial charge on any atom is 0.212 e. The first-order valence-corrected chi connectivity index (χ1v) is 5.20. The lowest BCUT2D eigenvalue weighted by Gasteiger charge is -2.19. The van der Waals surface area contributed by atoms with Gasteiger partial charge in [-0.2, -0.15) is 5.26 Å². The summed E-state index contributed by atoms with van der Waals surface area (Å²) in [5.74, 6) is 0.461. The van der Waals surface area contributed by atoms with Crippen LogP contribution in [0, 0.1) is 11.3 Å². The zero-order valence-electron chi connectivity index (χ0n) is 9.10. The Kier molecular flexibility index (Phi) is 2.49. The minimum Gasteiger partial charge on any atom is -0.370 e. The van der Waals surface area contributed by atoms with Gasteiger partial charge in [-0.05, 0) is 26.7 Å². The lowest BCUT2D eigenvalue weighted by Crippen LogP contribution is -2.23. The molecule has 2 heterocycles. The van der Waals surface area contributed by atoms with Crippen molar-refractivity contribution >= 4 is 0 Å². The highest BCUT2D eigenvalue weighted by Gasteiger charge is 2.31. The summed E-state index contributed by atoms with van der Waals surface area (Å²) in [6.07, 6.45) is 5.82. The van der Waals surface area contributed by atoms with E-state index in [1.165, 1.54) is 0 Å². The molecule has 15 heavy (non-hydrogen) atoms. The maximum atomic E-state index is 8.81. The largest absolute Gasteiger partial charge is 0.370 e. The second kappa shape index (κ2) is 3.67. The molecule has 1 atom stereocenters. The summed E-state index contributed by atoms with van der Waals surface area (Å²) in [5.41, 5.74) is -0.0158. The molecule has 0 saturated carbocycles. The molecule has 1 saturated heterocycles. The SMILES string of the molecule is CC1(C)CCC(Cn2ccnc2C#N)O1. The first-order valence-electron chi connectivity index (χ1n) is 5.20. The van der Waals surface area contributed by atoms with E-state index < -0.39 is 0 Å². The third-order valence-electron chi connectivity index (χ3n) is 2.77. The van der Waals surface area contributed by atoms with E-state index in [1.807, 2.05) is 10.8 Å². The predicted molar refractivity (Wildman–Crippen MR) is 55.1 cm³/mol. The van der Waals surface area contributed by atoms with Gasteiger partial charge in [-0.15, -0.1) is 0 Å². The van der Waals surface area contributed by atoms with E-state index in [2.05, 4.69) is 24.9 Å². The number of aromatic nitrogens is 2. The number of hydrogen-bond donors (Lipinski definition) is 0. The molecule has 0 spiro atoms. The van der Waals surface area contributed by atoms with Crippen molar-refractivity contribution in [1.82, 2.24) is 9.55 Å². The number of imidazole rings is 1. The Bertz CT molecular complexity index is 389. The van der Waals surface area contributed by atoms with Crippen molar-refractivity contribution in [2.45, 2.75) is 44.9 Å². The number of nitrogens with zero attached hydrogens (tertiary/aromatic N) is 3. The highest BCUT2D eigenvalue weighted by molar-refractivity contribution is 5.11. The van der Waals surface area contributed by atoms with Crippen LogP contribution in [0.2, 0.25) is 0 Å². The molecule has 4 nitrogen and oxygen atoms in total. The van der Waals surface area contributed by atoms with Crippen molar-refractivity contribution in [3.05, 3.63) is 18.2 Å². The molecule has 1 fully saturated rings. The van der Waals surface area contributed by atoms with Gasteiger partial charge in [0, 0.05) is 12.4 Å². The first-order chi connectivity index (χ1) is 7.11. The topological polar surface area (TPSA) is 50.8 Å². The summed E-state index contributed by atoms with van der Waals surface area (Å²) in [6, 6.07) is 2.07. The maximum absolute atomic E-state index is 8.81. The summed E-state index contributed by atoms with van der Waals surface area (Å²) in [7, 11) is 0. The van der Waals surface area contributed by atoms with Crippen molar-refractivity contribution in [2.75, 3.05) is 0 Å². The first kappa shape index (κ1) is 10.2. The molecule has 1 aromatic rings. The van der Waals surface area contributed by atoms with Crippen LogP contribution in [-0.2, 0) is 11.3 Å². The Balaban J connectivity index is 2.02. The fourth-order valence-electron chi connectivity index (χ4n) is 2.00. The number of nitriles is 1. The third kappa shape index (κ3) is 2.18. The number of ether oxygens (including phenoxy) is 1. The molecule has 0 amide bonds. The second-order valence-electron chi connectivity index (χ2n) is 4.55. The smallest absolute Gasteiger partial charge is 0.212 e. The van der Waals surface area contributed by atoms with Gasteiger partial charge in [-0.3, -0.25) is 0 Å². The minimum absolute atomic E-state index is 0.0158. The van der Waals surface area contributed by atoms with E-state index in [9.17, 15) is 0 Å². The van der Waals surface area contributed by atoms with Crippen LogP contribution in [0.3, 0.4) is 0 Å². The zero-order chi connectivity index (χ0) is 10.9. The Morgan fingerprint density at radius 3 is 3.13 bits per heavy atom. The van der Waals surface area contributed by atoms with Crippen LogP contribution >= 0.6 is 0 Å². The van der Waals surface area contributed by atoms with E-state index in [1.54, 1.807) is 6.20 Å². The molecule has 0 bridgehead atoms. The van der Waals surface area contributed by atoms with Crippen molar-refractivity contribution in [1.29, 1.82) is 5.26 Å². The zero-order valence-corrected chi connectivity index (χ0v) is 9.10. The van der Waals surface area contributed by atoms with Gasteiger partial charge in [0.25, 0.3) is 0 Å². The molecule has 0 aromatic carbocycles. The van der Waals surface area contributed by atoms with E-state index in [4.69, 9.17) is 10.00 Å². The molecule has 4 heteroatoms. The fourth-order valence-corrected chi connectivity index (χ4v) is 2.00. The fraction of sp³-hybridized carbons (Fsp3) is 0.636. The van der Waals surface area contributed by atoms with Crippen LogP contribution in [0.15, 0.2) is 12.4 Å². The number of hydrogen-bond acceptors (Lipinski definition) is 3. The van der Waals surface area contributed by atoms with Crippen LogP contribution in [0.25, 0.3) is 0 Å². The molecule has 0 radical (unpaired) electrons. The Hall–Kier alpha value is -1.34.